The monoisotopic (exact) mass is 523 g/mol. The number of hydrogen-bond acceptors (Lipinski definition) is 6. The molecule has 3 heterocycles. The fourth-order valence-corrected chi connectivity index (χ4v) is 4.94. The number of carbonyl (C=O) groups is 3. The van der Waals surface area contributed by atoms with Gasteiger partial charge in [0.2, 0.25) is 11.9 Å². The molecule has 1 aliphatic rings. The number of benzene rings is 1. The van der Waals surface area contributed by atoms with Crippen LogP contribution in [0.4, 0.5) is 16.6 Å². The van der Waals surface area contributed by atoms with E-state index in [-0.39, 0.29) is 12.5 Å². The van der Waals surface area contributed by atoms with E-state index in [2.05, 4.69) is 15.3 Å². The van der Waals surface area contributed by atoms with Crippen molar-refractivity contribution in [3.8, 4) is 0 Å². The van der Waals surface area contributed by atoms with Crippen LogP contribution in [0.15, 0.2) is 48.8 Å². The number of nitrogens with zero attached hydrogens (tertiary/aromatic N) is 5. The number of rotatable bonds is 7. The Morgan fingerprint density at radius 1 is 1.27 bits per heavy atom. The summed E-state index contributed by atoms with van der Waals surface area (Å²) in [6.07, 6.45) is 4.10. The molecule has 2 aromatic heterocycles. The van der Waals surface area contributed by atoms with Gasteiger partial charge in [-0.3, -0.25) is 19.4 Å². The lowest BCUT2D eigenvalue weighted by atomic mass is 9.81. The number of likely N-dealkylation sites (N-methyl/N-ethyl adjacent to an activating group) is 1. The number of imidazole rings is 1. The van der Waals surface area contributed by atoms with E-state index in [1.807, 2.05) is 19.1 Å². The maximum atomic E-state index is 13.7. The number of imide groups is 1. The predicted molar refractivity (Wildman–Crippen MR) is 141 cm³/mol. The van der Waals surface area contributed by atoms with Crippen molar-refractivity contribution in [1.82, 2.24) is 24.8 Å². The fraction of sp³-hybridized carbons (Fsp3) is 0.346. The summed E-state index contributed by atoms with van der Waals surface area (Å²) in [5.41, 5.74) is 8.18. The number of hydrogen-bond donors (Lipinski definition) is 2. The molecule has 37 heavy (non-hydrogen) atoms. The zero-order chi connectivity index (χ0) is 26.9. The van der Waals surface area contributed by atoms with Crippen molar-refractivity contribution in [2.75, 3.05) is 17.7 Å². The van der Waals surface area contributed by atoms with E-state index >= 15 is 0 Å². The highest BCUT2D eigenvalue weighted by Gasteiger charge is 2.55. The van der Waals surface area contributed by atoms with Gasteiger partial charge in [-0.2, -0.15) is 0 Å². The van der Waals surface area contributed by atoms with Gasteiger partial charge in [0.25, 0.3) is 5.91 Å². The van der Waals surface area contributed by atoms with Gasteiger partial charge in [-0.25, -0.2) is 14.8 Å². The number of nitrogens with two attached hydrogens (primary N) is 1. The molecule has 11 heteroatoms. The highest BCUT2D eigenvalue weighted by Crippen LogP contribution is 2.33. The largest absolute Gasteiger partial charge is 0.384 e. The van der Waals surface area contributed by atoms with Gasteiger partial charge < -0.3 is 15.6 Å². The molecule has 0 saturated carbocycles. The number of nitrogens with one attached hydrogen (secondary N) is 1. The van der Waals surface area contributed by atoms with E-state index in [4.69, 9.17) is 17.3 Å². The first kappa shape index (κ1) is 26.2. The SMILES string of the molecule is CC[C@@H](NC(=O)N1C(=O)[C@H](Cc2cc(C)nc(N)c2)[C@H]1C(=O)N(C)c1nccn1C)c1cccc(Cl)c1. The zero-order valence-electron chi connectivity index (χ0n) is 21.2. The summed E-state index contributed by atoms with van der Waals surface area (Å²) in [7, 11) is 3.34. The lowest BCUT2D eigenvalue weighted by Crippen LogP contribution is -2.70. The number of halogens is 1. The summed E-state index contributed by atoms with van der Waals surface area (Å²) in [6, 6.07) is 8.64. The lowest BCUT2D eigenvalue weighted by Gasteiger charge is -2.45. The van der Waals surface area contributed by atoms with Crippen LogP contribution < -0.4 is 16.0 Å². The van der Waals surface area contributed by atoms with E-state index < -0.39 is 29.8 Å². The molecule has 4 amide bonds. The van der Waals surface area contributed by atoms with Gasteiger partial charge in [-0.15, -0.1) is 0 Å². The minimum atomic E-state index is -1.01. The summed E-state index contributed by atoms with van der Waals surface area (Å²) in [4.78, 5) is 51.2. The van der Waals surface area contributed by atoms with Gasteiger partial charge in [0, 0.05) is 37.2 Å². The third-order valence-corrected chi connectivity index (χ3v) is 6.79. The Hall–Kier alpha value is -3.92. The van der Waals surface area contributed by atoms with Gasteiger partial charge in [-0.05, 0) is 55.2 Å². The van der Waals surface area contributed by atoms with E-state index in [0.29, 0.717) is 28.9 Å². The number of likely N-dealkylation sites (tertiary alicyclic amines) is 1. The first-order valence-electron chi connectivity index (χ1n) is 12.0. The molecule has 194 valence electrons. The van der Waals surface area contributed by atoms with Crippen LogP contribution in [0.1, 0.15) is 36.2 Å². The summed E-state index contributed by atoms with van der Waals surface area (Å²) in [6.45, 7) is 3.72. The maximum Gasteiger partial charge on any atom is 0.325 e. The normalized spacial score (nSPS) is 17.8. The molecule has 3 N–H and O–H groups in total. The Morgan fingerprint density at radius 2 is 2.03 bits per heavy atom. The molecule has 4 rings (SSSR count). The quantitative estimate of drug-likeness (QED) is 0.458. The van der Waals surface area contributed by atoms with Crippen LogP contribution in [0.3, 0.4) is 0 Å². The molecular formula is C26H30ClN7O3. The number of urea groups is 1. The van der Waals surface area contributed by atoms with Gasteiger partial charge in [0.05, 0.1) is 12.0 Å². The molecule has 0 unspecified atom stereocenters. The molecule has 0 aliphatic carbocycles. The highest BCUT2D eigenvalue weighted by atomic mass is 35.5. The lowest BCUT2D eigenvalue weighted by molar-refractivity contribution is -0.156. The van der Waals surface area contributed by atoms with E-state index in [1.165, 1.54) is 4.90 Å². The van der Waals surface area contributed by atoms with Crippen LogP contribution in [-0.2, 0) is 23.1 Å². The number of pyridine rings is 1. The summed E-state index contributed by atoms with van der Waals surface area (Å²) in [5.74, 6) is -0.857. The Labute approximate surface area is 220 Å². The number of anilines is 2. The molecule has 0 radical (unpaired) electrons. The second kappa shape index (κ2) is 10.6. The van der Waals surface area contributed by atoms with Crippen LogP contribution in [0.25, 0.3) is 0 Å². The average molecular weight is 524 g/mol. The number of β-lactam (4-membered cyclic amide) rings is 1. The highest BCUT2D eigenvalue weighted by molar-refractivity contribution is 6.30. The third-order valence-electron chi connectivity index (χ3n) is 6.56. The summed E-state index contributed by atoms with van der Waals surface area (Å²) in [5, 5.41) is 3.44. The molecular weight excluding hydrogens is 494 g/mol. The number of aryl methyl sites for hydroxylation is 2. The van der Waals surface area contributed by atoms with Crippen LogP contribution in [0.2, 0.25) is 5.02 Å². The molecule has 1 aromatic carbocycles. The molecule has 1 fully saturated rings. The predicted octanol–water partition coefficient (Wildman–Crippen LogP) is 3.25. The van der Waals surface area contributed by atoms with Crippen LogP contribution in [0, 0.1) is 12.8 Å². The van der Waals surface area contributed by atoms with Crippen molar-refractivity contribution in [3.05, 3.63) is 70.6 Å². The molecule has 0 bridgehead atoms. The van der Waals surface area contributed by atoms with E-state index in [9.17, 15) is 14.4 Å². The van der Waals surface area contributed by atoms with Gasteiger partial charge in [-0.1, -0.05) is 30.7 Å². The minimum Gasteiger partial charge on any atom is -0.384 e. The Bertz CT molecular complexity index is 1320. The molecule has 1 aliphatic heterocycles. The van der Waals surface area contributed by atoms with Crippen molar-refractivity contribution in [3.63, 3.8) is 0 Å². The molecule has 0 spiro atoms. The first-order chi connectivity index (χ1) is 17.6. The topological polar surface area (TPSA) is 126 Å². The standard InChI is InChI=1S/C26H30ClN7O3/c1-5-20(17-7-6-8-18(27)14-17)31-26(37)34-22(24(36)33(4)25-29-9-10-32(25)3)19(23(34)35)12-16-11-15(2)30-21(28)13-16/h6-11,13-14,19-20,22H,5,12H2,1-4H3,(H2,28,30)(H,31,37)/t19-,20-,22+/m1/s1. The van der Waals surface area contributed by atoms with E-state index in [1.54, 1.807) is 62.2 Å². The molecule has 3 aromatic rings. The van der Waals surface area contributed by atoms with E-state index in [0.717, 1.165) is 16.0 Å². The Morgan fingerprint density at radius 3 is 2.65 bits per heavy atom. The molecule has 10 nitrogen and oxygen atoms in total. The Balaban J connectivity index is 1.62. The Kier molecular flexibility index (Phi) is 7.49. The number of carbonyl (C=O) groups excluding carboxylic acids is 3. The number of amides is 4. The van der Waals surface area contributed by atoms with Crippen LogP contribution in [-0.4, -0.2) is 50.4 Å². The second-order valence-electron chi connectivity index (χ2n) is 9.21. The summed E-state index contributed by atoms with van der Waals surface area (Å²) >= 11 is 6.14. The maximum absolute atomic E-state index is 13.7. The van der Waals surface area contributed by atoms with Gasteiger partial charge in [0.15, 0.2) is 0 Å². The van der Waals surface area contributed by atoms with Gasteiger partial charge in [0.1, 0.15) is 11.9 Å². The third kappa shape index (κ3) is 5.29. The minimum absolute atomic E-state index is 0.243. The van der Waals surface area contributed by atoms with Crippen molar-refractivity contribution in [2.45, 2.75) is 38.8 Å². The zero-order valence-corrected chi connectivity index (χ0v) is 21.9. The fourth-order valence-electron chi connectivity index (χ4n) is 4.74. The average Bonchev–Trinajstić information content (AvgIpc) is 3.28. The smallest absolute Gasteiger partial charge is 0.325 e. The van der Waals surface area contributed by atoms with Gasteiger partial charge >= 0.3 is 6.03 Å². The second-order valence-corrected chi connectivity index (χ2v) is 9.64. The first-order valence-corrected chi connectivity index (χ1v) is 12.4. The van der Waals surface area contributed by atoms with Crippen molar-refractivity contribution >= 4 is 41.2 Å². The summed E-state index contributed by atoms with van der Waals surface area (Å²) < 4.78 is 1.69. The van der Waals surface area contributed by atoms with Crippen molar-refractivity contribution in [1.29, 1.82) is 0 Å². The van der Waals surface area contributed by atoms with Crippen LogP contribution in [0.5, 0.6) is 0 Å². The molecule has 3 atom stereocenters. The van der Waals surface area contributed by atoms with Crippen LogP contribution >= 0.6 is 11.6 Å². The molecule has 1 saturated heterocycles. The number of nitrogen functional groups attached to an aromatic ring is 1. The number of aromatic nitrogens is 3. The van der Waals surface area contributed by atoms with Crippen molar-refractivity contribution < 1.29 is 14.4 Å². The van der Waals surface area contributed by atoms with Crippen molar-refractivity contribution in [2.24, 2.45) is 13.0 Å².